The van der Waals surface area contributed by atoms with Gasteiger partial charge in [0, 0.05) is 11.3 Å². The predicted octanol–water partition coefficient (Wildman–Crippen LogP) is 3.55. The van der Waals surface area contributed by atoms with Crippen molar-refractivity contribution < 1.29 is 4.79 Å². The average molecular weight is 214 g/mol. The second-order valence-electron chi connectivity index (χ2n) is 5.34. The molecule has 1 aromatic rings. The molecule has 16 heavy (non-hydrogen) atoms. The summed E-state index contributed by atoms with van der Waals surface area (Å²) in [7, 11) is 0. The lowest BCUT2D eigenvalue weighted by Crippen LogP contribution is -2.19. The number of benzene rings is 1. The van der Waals surface area contributed by atoms with Crippen LogP contribution in [0.1, 0.15) is 44.1 Å². The van der Waals surface area contributed by atoms with Gasteiger partial charge in [0.05, 0.1) is 0 Å². The molecule has 0 spiro atoms. The predicted molar refractivity (Wildman–Crippen MR) is 64.3 cm³/mol. The van der Waals surface area contributed by atoms with E-state index in [2.05, 4.69) is 30.3 Å². The third-order valence-corrected chi connectivity index (χ3v) is 4.68. The summed E-state index contributed by atoms with van der Waals surface area (Å²) in [6.07, 6.45) is 4.91. The minimum atomic E-state index is 0.0274. The Morgan fingerprint density at radius 2 is 2.00 bits per heavy atom. The molecule has 0 amide bonds. The Labute approximate surface area is 96.9 Å². The van der Waals surface area contributed by atoms with Gasteiger partial charge in [0.2, 0.25) is 0 Å². The molecule has 0 aliphatic heterocycles. The average Bonchev–Trinajstić information content (AvgIpc) is 3.00. The Bertz CT molecular complexity index is 409. The SMILES string of the molecule is CC(=O)[C@@]12CCCC[C@@H]1[C@@H]2c1ccccc1. The highest BCUT2D eigenvalue weighted by atomic mass is 16.1. The molecule has 84 valence electrons. The van der Waals surface area contributed by atoms with Crippen LogP contribution in [0.2, 0.25) is 0 Å². The van der Waals surface area contributed by atoms with Gasteiger partial charge in [0.25, 0.3) is 0 Å². The van der Waals surface area contributed by atoms with Crippen LogP contribution >= 0.6 is 0 Å². The summed E-state index contributed by atoms with van der Waals surface area (Å²) in [5.41, 5.74) is 1.41. The molecule has 2 fully saturated rings. The second kappa shape index (κ2) is 3.44. The van der Waals surface area contributed by atoms with Gasteiger partial charge < -0.3 is 0 Å². The van der Waals surface area contributed by atoms with Crippen molar-refractivity contribution in [2.45, 2.75) is 38.5 Å². The van der Waals surface area contributed by atoms with Crippen molar-refractivity contribution in [2.75, 3.05) is 0 Å². The number of carbonyl (C=O) groups is 1. The number of fused-ring (bicyclic) bond motifs is 1. The molecular weight excluding hydrogens is 196 g/mol. The van der Waals surface area contributed by atoms with E-state index in [1.165, 1.54) is 24.8 Å². The van der Waals surface area contributed by atoms with Gasteiger partial charge in [-0.1, -0.05) is 43.2 Å². The molecule has 0 saturated heterocycles. The van der Waals surface area contributed by atoms with Gasteiger partial charge in [0.1, 0.15) is 5.78 Å². The van der Waals surface area contributed by atoms with Crippen LogP contribution in [0.5, 0.6) is 0 Å². The summed E-state index contributed by atoms with van der Waals surface area (Å²) in [5, 5.41) is 0. The normalized spacial score (nSPS) is 36.6. The molecule has 3 atom stereocenters. The molecule has 1 aromatic carbocycles. The van der Waals surface area contributed by atoms with E-state index in [0.29, 0.717) is 17.6 Å². The maximum atomic E-state index is 11.9. The quantitative estimate of drug-likeness (QED) is 0.735. The standard InChI is InChI=1S/C15H18O/c1-11(16)15-10-6-5-9-13(15)14(15)12-7-3-2-4-8-12/h2-4,7-8,13-14H,5-6,9-10H2,1H3/t13-,14+,15+/m1/s1. The Kier molecular flexibility index (Phi) is 2.17. The molecule has 0 aromatic heterocycles. The van der Waals surface area contributed by atoms with Crippen LogP contribution in [0, 0.1) is 11.3 Å². The van der Waals surface area contributed by atoms with Gasteiger partial charge in [-0.15, -0.1) is 0 Å². The van der Waals surface area contributed by atoms with Crippen LogP contribution in [-0.4, -0.2) is 5.78 Å². The Morgan fingerprint density at radius 3 is 2.62 bits per heavy atom. The zero-order chi connectivity index (χ0) is 11.2. The van der Waals surface area contributed by atoms with Gasteiger partial charge >= 0.3 is 0 Å². The number of ketones is 1. The van der Waals surface area contributed by atoms with Crippen LogP contribution in [0.4, 0.5) is 0 Å². The van der Waals surface area contributed by atoms with E-state index < -0.39 is 0 Å². The number of Topliss-reactive ketones (excluding diaryl/α,β-unsaturated/α-hetero) is 1. The van der Waals surface area contributed by atoms with E-state index in [-0.39, 0.29) is 5.41 Å². The zero-order valence-corrected chi connectivity index (χ0v) is 9.78. The van der Waals surface area contributed by atoms with Crippen molar-refractivity contribution in [1.29, 1.82) is 0 Å². The lowest BCUT2D eigenvalue weighted by molar-refractivity contribution is -0.123. The first-order valence-electron chi connectivity index (χ1n) is 6.33. The largest absolute Gasteiger partial charge is 0.299 e. The molecule has 1 heteroatoms. The van der Waals surface area contributed by atoms with Crippen molar-refractivity contribution >= 4 is 5.78 Å². The number of hydrogen-bond donors (Lipinski definition) is 0. The van der Waals surface area contributed by atoms with E-state index in [4.69, 9.17) is 0 Å². The van der Waals surface area contributed by atoms with Gasteiger partial charge in [-0.3, -0.25) is 4.79 Å². The van der Waals surface area contributed by atoms with Crippen molar-refractivity contribution in [3.05, 3.63) is 35.9 Å². The Balaban J connectivity index is 1.96. The highest BCUT2D eigenvalue weighted by Crippen LogP contribution is 2.71. The number of hydrogen-bond acceptors (Lipinski definition) is 1. The summed E-state index contributed by atoms with van der Waals surface area (Å²) in [4.78, 5) is 11.9. The first-order chi connectivity index (χ1) is 7.77. The van der Waals surface area contributed by atoms with Crippen LogP contribution in [-0.2, 0) is 4.79 Å². The molecule has 2 aliphatic rings. The maximum absolute atomic E-state index is 11.9. The number of carbonyl (C=O) groups excluding carboxylic acids is 1. The van der Waals surface area contributed by atoms with E-state index in [0.717, 1.165) is 6.42 Å². The highest BCUT2D eigenvalue weighted by Gasteiger charge is 2.67. The smallest absolute Gasteiger partial charge is 0.136 e. The molecule has 2 aliphatic carbocycles. The van der Waals surface area contributed by atoms with Crippen LogP contribution in [0.25, 0.3) is 0 Å². The summed E-state index contributed by atoms with van der Waals surface area (Å²) in [6.45, 7) is 1.79. The van der Waals surface area contributed by atoms with Gasteiger partial charge in [-0.2, -0.15) is 0 Å². The monoisotopic (exact) mass is 214 g/mol. The van der Waals surface area contributed by atoms with E-state index in [9.17, 15) is 4.79 Å². The first kappa shape index (κ1) is 10.1. The van der Waals surface area contributed by atoms with Crippen molar-refractivity contribution in [3.63, 3.8) is 0 Å². The van der Waals surface area contributed by atoms with Crippen LogP contribution in [0.15, 0.2) is 30.3 Å². The van der Waals surface area contributed by atoms with Crippen molar-refractivity contribution in [1.82, 2.24) is 0 Å². The minimum Gasteiger partial charge on any atom is -0.299 e. The molecule has 2 saturated carbocycles. The molecule has 3 rings (SSSR count). The van der Waals surface area contributed by atoms with Crippen molar-refractivity contribution in [3.8, 4) is 0 Å². The van der Waals surface area contributed by atoms with Gasteiger partial charge in [0.15, 0.2) is 0 Å². The molecule has 0 heterocycles. The highest BCUT2D eigenvalue weighted by molar-refractivity contribution is 5.88. The minimum absolute atomic E-state index is 0.0274. The van der Waals surface area contributed by atoms with E-state index in [1.807, 2.05) is 0 Å². The molecule has 0 bridgehead atoms. The molecule has 0 unspecified atom stereocenters. The summed E-state index contributed by atoms with van der Waals surface area (Å²) in [6, 6.07) is 10.6. The van der Waals surface area contributed by atoms with Crippen LogP contribution < -0.4 is 0 Å². The fourth-order valence-electron chi connectivity index (χ4n) is 3.91. The lowest BCUT2D eigenvalue weighted by atomic mass is 9.84. The molecule has 0 radical (unpaired) electrons. The lowest BCUT2D eigenvalue weighted by Gasteiger charge is -2.18. The van der Waals surface area contributed by atoms with Gasteiger partial charge in [-0.05, 0) is 31.2 Å². The van der Waals surface area contributed by atoms with E-state index >= 15 is 0 Å². The Hall–Kier alpha value is -1.11. The van der Waals surface area contributed by atoms with E-state index in [1.54, 1.807) is 6.92 Å². The van der Waals surface area contributed by atoms with Crippen LogP contribution in [0.3, 0.4) is 0 Å². The fraction of sp³-hybridized carbons (Fsp3) is 0.533. The topological polar surface area (TPSA) is 17.1 Å². The number of rotatable bonds is 2. The third kappa shape index (κ3) is 1.20. The molecule has 1 nitrogen and oxygen atoms in total. The van der Waals surface area contributed by atoms with Gasteiger partial charge in [-0.25, -0.2) is 0 Å². The third-order valence-electron chi connectivity index (χ3n) is 4.68. The summed E-state index contributed by atoms with van der Waals surface area (Å²) < 4.78 is 0. The molecule has 0 N–H and O–H groups in total. The fourth-order valence-corrected chi connectivity index (χ4v) is 3.91. The zero-order valence-electron chi connectivity index (χ0n) is 9.78. The second-order valence-corrected chi connectivity index (χ2v) is 5.34. The van der Waals surface area contributed by atoms with Crippen molar-refractivity contribution in [2.24, 2.45) is 11.3 Å². The summed E-state index contributed by atoms with van der Waals surface area (Å²) in [5.74, 6) is 1.58. The summed E-state index contributed by atoms with van der Waals surface area (Å²) >= 11 is 0. The maximum Gasteiger partial charge on any atom is 0.136 e. The molecular formula is C15H18O. The first-order valence-corrected chi connectivity index (χ1v) is 6.33. The Morgan fingerprint density at radius 1 is 1.25 bits per heavy atom.